The minimum Gasteiger partial charge on any atom is -0.442 e. The third-order valence-electron chi connectivity index (χ3n) is 4.13. The maximum Gasteiger partial charge on any atom is 0.414 e. The highest BCUT2D eigenvalue weighted by Gasteiger charge is 2.32. The summed E-state index contributed by atoms with van der Waals surface area (Å²) in [5.41, 5.74) is 0.636. The van der Waals surface area contributed by atoms with Crippen LogP contribution in [-0.4, -0.2) is 53.8 Å². The highest BCUT2D eigenvalue weighted by Crippen LogP contribution is 2.30. The van der Waals surface area contributed by atoms with Gasteiger partial charge < -0.3 is 15.4 Å². The summed E-state index contributed by atoms with van der Waals surface area (Å²) < 4.78 is 19.9. The van der Waals surface area contributed by atoms with E-state index >= 15 is 0 Å². The molecule has 0 bridgehead atoms. The van der Waals surface area contributed by atoms with Gasteiger partial charge in [0.05, 0.1) is 18.8 Å². The van der Waals surface area contributed by atoms with Gasteiger partial charge in [-0.1, -0.05) is 11.3 Å². The smallest absolute Gasteiger partial charge is 0.414 e. The standard InChI is InChI=1S/C18H20FN5O4S/c1-10(25)20-6-5-16-22-23-17(29-16)14-4-3-12(7-15(14)19)24-9-13(28-18(24)27)8-21-11(2)26/h3-4,7,13H,5-6,8-9H2,1-2H3,(H,20,25)(H,21,26)/t13-/m0/s1. The van der Waals surface area contributed by atoms with Crippen molar-refractivity contribution in [2.45, 2.75) is 26.4 Å². The van der Waals surface area contributed by atoms with Crippen molar-refractivity contribution in [2.75, 3.05) is 24.5 Å². The van der Waals surface area contributed by atoms with Crippen molar-refractivity contribution in [1.82, 2.24) is 20.8 Å². The van der Waals surface area contributed by atoms with Crippen LogP contribution in [0, 0.1) is 5.82 Å². The van der Waals surface area contributed by atoms with Crippen LogP contribution in [0.25, 0.3) is 10.6 Å². The number of aromatic nitrogens is 2. The molecule has 1 atom stereocenters. The number of rotatable bonds is 7. The molecule has 0 unspecified atom stereocenters. The average Bonchev–Trinajstić information content (AvgIpc) is 3.26. The molecule has 0 spiro atoms. The van der Waals surface area contributed by atoms with E-state index in [9.17, 15) is 18.8 Å². The van der Waals surface area contributed by atoms with Crippen LogP contribution >= 0.6 is 11.3 Å². The van der Waals surface area contributed by atoms with Crippen molar-refractivity contribution in [3.63, 3.8) is 0 Å². The van der Waals surface area contributed by atoms with Crippen molar-refractivity contribution in [1.29, 1.82) is 0 Å². The molecule has 1 fully saturated rings. The fraction of sp³-hybridized carbons (Fsp3) is 0.389. The molecule has 3 amide bonds. The number of ether oxygens (including phenoxy) is 1. The van der Waals surface area contributed by atoms with Gasteiger partial charge in [0.25, 0.3) is 0 Å². The molecule has 2 N–H and O–H groups in total. The zero-order chi connectivity index (χ0) is 21.0. The lowest BCUT2D eigenvalue weighted by molar-refractivity contribution is -0.120. The van der Waals surface area contributed by atoms with Crippen molar-refractivity contribution in [3.05, 3.63) is 29.0 Å². The van der Waals surface area contributed by atoms with Gasteiger partial charge in [0.1, 0.15) is 16.9 Å². The molecular weight excluding hydrogens is 401 g/mol. The largest absolute Gasteiger partial charge is 0.442 e. The Morgan fingerprint density at radius 1 is 1.28 bits per heavy atom. The average molecular weight is 421 g/mol. The normalized spacial score (nSPS) is 15.9. The number of nitrogens with zero attached hydrogens (tertiary/aromatic N) is 3. The van der Waals surface area contributed by atoms with Gasteiger partial charge in [0.15, 0.2) is 5.01 Å². The number of cyclic esters (lactones) is 1. The van der Waals surface area contributed by atoms with E-state index in [-0.39, 0.29) is 30.5 Å². The van der Waals surface area contributed by atoms with E-state index in [0.717, 1.165) is 0 Å². The van der Waals surface area contributed by atoms with E-state index in [0.29, 0.717) is 28.7 Å². The lowest BCUT2D eigenvalue weighted by Gasteiger charge is -2.14. The number of amides is 3. The Balaban J connectivity index is 1.67. The highest BCUT2D eigenvalue weighted by molar-refractivity contribution is 7.14. The molecule has 2 heterocycles. The number of carbonyl (C=O) groups is 3. The molecule has 1 aromatic carbocycles. The summed E-state index contributed by atoms with van der Waals surface area (Å²) in [5, 5.41) is 14.4. The van der Waals surface area contributed by atoms with Crippen molar-refractivity contribution in [3.8, 4) is 10.6 Å². The van der Waals surface area contributed by atoms with Gasteiger partial charge in [-0.2, -0.15) is 0 Å². The zero-order valence-corrected chi connectivity index (χ0v) is 16.7. The van der Waals surface area contributed by atoms with Crippen LogP contribution in [0.1, 0.15) is 18.9 Å². The summed E-state index contributed by atoms with van der Waals surface area (Å²) >= 11 is 1.24. The molecule has 9 nitrogen and oxygen atoms in total. The quantitative estimate of drug-likeness (QED) is 0.700. The number of anilines is 1. The second-order valence-corrected chi connectivity index (χ2v) is 7.51. The Morgan fingerprint density at radius 3 is 2.72 bits per heavy atom. The topological polar surface area (TPSA) is 114 Å². The molecule has 154 valence electrons. The number of hydrogen-bond acceptors (Lipinski definition) is 7. The van der Waals surface area contributed by atoms with E-state index in [1.807, 2.05) is 0 Å². The first-order valence-electron chi connectivity index (χ1n) is 8.93. The molecule has 1 aromatic heterocycles. The molecule has 29 heavy (non-hydrogen) atoms. The third kappa shape index (κ3) is 5.25. The van der Waals surface area contributed by atoms with Crippen molar-refractivity contribution >= 4 is 34.9 Å². The summed E-state index contributed by atoms with van der Waals surface area (Å²) in [4.78, 5) is 35.3. The molecule has 1 saturated heterocycles. The Morgan fingerprint density at radius 2 is 2.03 bits per heavy atom. The van der Waals surface area contributed by atoms with Crippen LogP contribution in [0.15, 0.2) is 18.2 Å². The SMILES string of the molecule is CC(=O)NCCc1nnc(-c2ccc(N3C[C@H](CNC(C)=O)OC3=O)cc2F)s1. The second kappa shape index (κ2) is 8.95. The van der Waals surface area contributed by atoms with E-state index in [1.165, 1.54) is 42.2 Å². The van der Waals surface area contributed by atoms with E-state index < -0.39 is 18.0 Å². The molecule has 0 aliphatic carbocycles. The van der Waals surface area contributed by atoms with Crippen LogP contribution in [0.3, 0.4) is 0 Å². The molecule has 11 heteroatoms. The number of nitrogens with one attached hydrogen (secondary N) is 2. The summed E-state index contributed by atoms with van der Waals surface area (Å²) in [6.07, 6.45) is -0.584. The third-order valence-corrected chi connectivity index (χ3v) is 5.14. The van der Waals surface area contributed by atoms with Crippen LogP contribution < -0.4 is 15.5 Å². The van der Waals surface area contributed by atoms with Crippen LogP contribution in [-0.2, 0) is 20.7 Å². The van der Waals surface area contributed by atoms with Crippen molar-refractivity contribution in [2.24, 2.45) is 0 Å². The lowest BCUT2D eigenvalue weighted by Crippen LogP contribution is -2.33. The first kappa shape index (κ1) is 20.6. The molecule has 1 aliphatic heterocycles. The second-order valence-electron chi connectivity index (χ2n) is 6.45. The Hall–Kier alpha value is -3.08. The van der Waals surface area contributed by atoms with Gasteiger partial charge in [-0.25, -0.2) is 9.18 Å². The molecular formula is C18H20FN5O4S. The summed E-state index contributed by atoms with van der Waals surface area (Å²) in [5.74, 6) is -0.885. The number of benzene rings is 1. The Labute approximate surface area is 170 Å². The summed E-state index contributed by atoms with van der Waals surface area (Å²) in [6, 6.07) is 4.39. The zero-order valence-electron chi connectivity index (χ0n) is 15.9. The van der Waals surface area contributed by atoms with E-state index in [1.54, 1.807) is 6.07 Å². The van der Waals surface area contributed by atoms with Crippen LogP contribution in [0.4, 0.5) is 14.9 Å². The Kier molecular flexibility index (Phi) is 6.37. The van der Waals surface area contributed by atoms with Crippen LogP contribution in [0.2, 0.25) is 0 Å². The molecule has 0 radical (unpaired) electrons. The predicted octanol–water partition coefficient (Wildman–Crippen LogP) is 1.48. The van der Waals surface area contributed by atoms with Gasteiger partial charge in [-0.3, -0.25) is 14.5 Å². The molecule has 3 rings (SSSR count). The fourth-order valence-electron chi connectivity index (χ4n) is 2.75. The molecule has 0 saturated carbocycles. The van der Waals surface area contributed by atoms with E-state index in [4.69, 9.17) is 4.74 Å². The monoisotopic (exact) mass is 421 g/mol. The number of carbonyl (C=O) groups excluding carboxylic acids is 3. The van der Waals surface area contributed by atoms with Gasteiger partial charge in [-0.15, -0.1) is 10.2 Å². The predicted molar refractivity (Wildman–Crippen MR) is 104 cm³/mol. The maximum atomic E-state index is 14.7. The van der Waals surface area contributed by atoms with Crippen LogP contribution in [0.5, 0.6) is 0 Å². The summed E-state index contributed by atoms with van der Waals surface area (Å²) in [6.45, 7) is 3.65. The maximum absolute atomic E-state index is 14.7. The van der Waals surface area contributed by atoms with Gasteiger partial charge >= 0.3 is 6.09 Å². The van der Waals surface area contributed by atoms with Crippen molar-refractivity contribution < 1.29 is 23.5 Å². The molecule has 2 aromatic rings. The fourth-order valence-corrected chi connectivity index (χ4v) is 3.62. The van der Waals surface area contributed by atoms with Gasteiger partial charge in [0.2, 0.25) is 11.8 Å². The van der Waals surface area contributed by atoms with Gasteiger partial charge in [-0.05, 0) is 18.2 Å². The number of halogens is 1. The minimum absolute atomic E-state index is 0.129. The first-order chi connectivity index (χ1) is 13.8. The number of hydrogen-bond donors (Lipinski definition) is 2. The summed E-state index contributed by atoms with van der Waals surface area (Å²) in [7, 11) is 0. The minimum atomic E-state index is -0.594. The van der Waals surface area contributed by atoms with Gasteiger partial charge in [0, 0.05) is 32.4 Å². The van der Waals surface area contributed by atoms with E-state index in [2.05, 4.69) is 20.8 Å². The highest BCUT2D eigenvalue weighted by atomic mass is 32.1. The molecule has 1 aliphatic rings. The first-order valence-corrected chi connectivity index (χ1v) is 9.74. The Bertz CT molecular complexity index is 935. The lowest BCUT2D eigenvalue weighted by atomic mass is 10.2.